The smallest absolute Gasteiger partial charge is 0.244 e. The lowest BCUT2D eigenvalue weighted by Crippen LogP contribution is -2.53. The minimum absolute atomic E-state index is 0.134. The summed E-state index contributed by atoms with van der Waals surface area (Å²) >= 11 is 0. The number of nitrogens with one attached hydrogen (secondary N) is 2. The molecular weight excluding hydrogens is 260 g/mol. The van der Waals surface area contributed by atoms with Gasteiger partial charge in [0.2, 0.25) is 21.8 Å². The van der Waals surface area contributed by atoms with Crippen LogP contribution in [0.5, 0.6) is 0 Å². The Balaban J connectivity index is 1.91. The number of carbonyl (C=O) groups excluding carboxylic acids is 2. The largest absolute Gasteiger partial charge is 0.377 e. The van der Waals surface area contributed by atoms with Crippen LogP contribution in [0.4, 0.5) is 0 Å². The average molecular weight is 276 g/mol. The predicted octanol–water partition coefficient (Wildman–Crippen LogP) is -1.11. The van der Waals surface area contributed by atoms with E-state index in [0.29, 0.717) is 6.61 Å². The van der Waals surface area contributed by atoms with E-state index in [9.17, 15) is 18.0 Å². The molecule has 2 aliphatic heterocycles. The monoisotopic (exact) mass is 276 g/mol. The third kappa shape index (κ3) is 3.50. The molecule has 18 heavy (non-hydrogen) atoms. The van der Waals surface area contributed by atoms with Gasteiger partial charge in [-0.2, -0.15) is 0 Å². The zero-order valence-corrected chi connectivity index (χ0v) is 10.7. The average Bonchev–Trinajstić information content (AvgIpc) is 2.74. The van der Waals surface area contributed by atoms with Crippen LogP contribution < -0.4 is 10.0 Å². The second-order valence-corrected chi connectivity index (χ2v) is 6.34. The van der Waals surface area contributed by atoms with Gasteiger partial charge < -0.3 is 4.74 Å². The molecule has 2 atom stereocenters. The van der Waals surface area contributed by atoms with Gasteiger partial charge in [-0.3, -0.25) is 14.9 Å². The number of amides is 2. The molecule has 2 rings (SSSR count). The van der Waals surface area contributed by atoms with E-state index in [1.165, 1.54) is 0 Å². The molecule has 0 aliphatic carbocycles. The molecule has 0 aromatic rings. The Morgan fingerprint density at radius 2 is 2.11 bits per heavy atom. The summed E-state index contributed by atoms with van der Waals surface area (Å²) in [6.45, 7) is 0.582. The fourth-order valence-corrected chi connectivity index (χ4v) is 3.60. The second kappa shape index (κ2) is 5.33. The van der Waals surface area contributed by atoms with Crippen LogP contribution in [0.25, 0.3) is 0 Å². The molecule has 2 amide bonds. The van der Waals surface area contributed by atoms with Crippen molar-refractivity contribution < 1.29 is 22.7 Å². The van der Waals surface area contributed by atoms with Crippen molar-refractivity contribution in [2.24, 2.45) is 0 Å². The first-order valence-electron chi connectivity index (χ1n) is 5.91. The van der Waals surface area contributed by atoms with Crippen LogP contribution in [0, 0.1) is 0 Å². The van der Waals surface area contributed by atoms with Crippen LogP contribution in [-0.4, -0.2) is 44.7 Å². The van der Waals surface area contributed by atoms with Gasteiger partial charge in [0.25, 0.3) is 0 Å². The van der Waals surface area contributed by atoms with Gasteiger partial charge in [-0.25, -0.2) is 13.1 Å². The van der Waals surface area contributed by atoms with E-state index in [1.807, 2.05) is 0 Å². The molecule has 0 bridgehead atoms. The van der Waals surface area contributed by atoms with Crippen molar-refractivity contribution in [2.45, 2.75) is 37.8 Å². The third-order valence-corrected chi connectivity index (χ3v) is 4.44. The summed E-state index contributed by atoms with van der Waals surface area (Å²) in [7, 11) is -3.56. The number of piperidine rings is 1. The molecule has 0 spiro atoms. The second-order valence-electron chi connectivity index (χ2n) is 4.54. The molecule has 0 radical (unpaired) electrons. The Morgan fingerprint density at radius 1 is 1.33 bits per heavy atom. The number of sulfonamides is 1. The van der Waals surface area contributed by atoms with Crippen LogP contribution in [-0.2, 0) is 24.3 Å². The molecule has 2 fully saturated rings. The van der Waals surface area contributed by atoms with E-state index in [4.69, 9.17) is 4.74 Å². The molecule has 8 heteroatoms. The zero-order valence-electron chi connectivity index (χ0n) is 9.85. The van der Waals surface area contributed by atoms with Gasteiger partial charge in [0.05, 0.1) is 11.9 Å². The highest BCUT2D eigenvalue weighted by molar-refractivity contribution is 7.89. The van der Waals surface area contributed by atoms with Crippen LogP contribution in [0.1, 0.15) is 25.7 Å². The summed E-state index contributed by atoms with van der Waals surface area (Å²) in [5.41, 5.74) is 0. The maximum atomic E-state index is 11.8. The predicted molar refractivity (Wildman–Crippen MR) is 62.1 cm³/mol. The van der Waals surface area contributed by atoms with E-state index < -0.39 is 22.0 Å². The van der Waals surface area contributed by atoms with Crippen molar-refractivity contribution in [1.29, 1.82) is 0 Å². The minimum Gasteiger partial charge on any atom is -0.377 e. The lowest BCUT2D eigenvalue weighted by Gasteiger charge is -2.22. The topological polar surface area (TPSA) is 102 Å². The molecule has 102 valence electrons. The number of ether oxygens (including phenoxy) is 1. The maximum absolute atomic E-state index is 11.8. The van der Waals surface area contributed by atoms with Crippen molar-refractivity contribution in [2.75, 3.05) is 12.4 Å². The van der Waals surface area contributed by atoms with Gasteiger partial charge in [-0.1, -0.05) is 0 Å². The molecule has 0 saturated carbocycles. The molecule has 2 heterocycles. The van der Waals surface area contributed by atoms with Gasteiger partial charge in [-0.15, -0.1) is 0 Å². The Morgan fingerprint density at radius 3 is 2.72 bits per heavy atom. The number of rotatable bonds is 4. The van der Waals surface area contributed by atoms with E-state index in [-0.39, 0.29) is 30.6 Å². The molecular formula is C10H16N2O5S. The van der Waals surface area contributed by atoms with Gasteiger partial charge in [-0.05, 0) is 19.3 Å². The highest BCUT2D eigenvalue weighted by Crippen LogP contribution is 2.14. The van der Waals surface area contributed by atoms with E-state index in [2.05, 4.69) is 10.0 Å². The van der Waals surface area contributed by atoms with Gasteiger partial charge in [0, 0.05) is 13.0 Å². The molecule has 7 nitrogen and oxygen atoms in total. The summed E-state index contributed by atoms with van der Waals surface area (Å²) < 4.78 is 31.2. The molecule has 0 aromatic carbocycles. The van der Waals surface area contributed by atoms with Crippen molar-refractivity contribution in [3.8, 4) is 0 Å². The molecule has 2 aliphatic rings. The lowest BCUT2D eigenvalue weighted by atomic mass is 10.1. The van der Waals surface area contributed by atoms with Crippen molar-refractivity contribution >= 4 is 21.8 Å². The number of imide groups is 1. The van der Waals surface area contributed by atoms with Gasteiger partial charge >= 0.3 is 0 Å². The number of carbonyl (C=O) groups is 2. The quantitative estimate of drug-likeness (QED) is 0.634. The molecule has 2 N–H and O–H groups in total. The Bertz CT molecular complexity index is 441. The van der Waals surface area contributed by atoms with E-state index in [0.717, 1.165) is 12.8 Å². The van der Waals surface area contributed by atoms with E-state index in [1.54, 1.807) is 0 Å². The summed E-state index contributed by atoms with van der Waals surface area (Å²) in [6, 6.07) is -0.853. The fourth-order valence-electron chi connectivity index (χ4n) is 2.09. The highest BCUT2D eigenvalue weighted by Gasteiger charge is 2.31. The number of hydrogen-bond acceptors (Lipinski definition) is 5. The summed E-state index contributed by atoms with van der Waals surface area (Å²) in [6.07, 6.45) is 1.64. The first kappa shape index (κ1) is 13.4. The standard InChI is InChI=1S/C10H16N2O5S/c13-9-4-3-8(10(14)11-9)12-18(15,16)6-7-2-1-5-17-7/h7-8,12H,1-6H2,(H,11,13,14). The Labute approximate surface area is 105 Å². The first-order valence-corrected chi connectivity index (χ1v) is 7.57. The van der Waals surface area contributed by atoms with Gasteiger partial charge in [0.1, 0.15) is 6.04 Å². The van der Waals surface area contributed by atoms with Crippen molar-refractivity contribution in [1.82, 2.24) is 10.0 Å². The van der Waals surface area contributed by atoms with Crippen LogP contribution in [0.2, 0.25) is 0 Å². The van der Waals surface area contributed by atoms with Gasteiger partial charge in [0.15, 0.2) is 0 Å². The highest BCUT2D eigenvalue weighted by atomic mass is 32.2. The van der Waals surface area contributed by atoms with Crippen molar-refractivity contribution in [3.63, 3.8) is 0 Å². The maximum Gasteiger partial charge on any atom is 0.244 e. The van der Waals surface area contributed by atoms with Crippen LogP contribution in [0.15, 0.2) is 0 Å². The van der Waals surface area contributed by atoms with Crippen LogP contribution in [0.3, 0.4) is 0 Å². The van der Waals surface area contributed by atoms with E-state index >= 15 is 0 Å². The SMILES string of the molecule is O=C1CCC(NS(=O)(=O)CC2CCCO2)C(=O)N1. The lowest BCUT2D eigenvalue weighted by molar-refractivity contribution is -0.134. The summed E-state index contributed by atoms with van der Waals surface area (Å²) in [5, 5.41) is 2.11. The molecule has 0 aromatic heterocycles. The normalized spacial score (nSPS) is 29.3. The Kier molecular flexibility index (Phi) is 3.98. The molecule has 2 unspecified atom stereocenters. The van der Waals surface area contributed by atoms with Crippen molar-refractivity contribution in [3.05, 3.63) is 0 Å². The number of hydrogen-bond donors (Lipinski definition) is 2. The summed E-state index contributed by atoms with van der Waals surface area (Å²) in [5.74, 6) is -1.08. The summed E-state index contributed by atoms with van der Waals surface area (Å²) in [4.78, 5) is 22.4. The van der Waals surface area contributed by atoms with Crippen LogP contribution >= 0.6 is 0 Å². The fraction of sp³-hybridized carbons (Fsp3) is 0.800. The minimum atomic E-state index is -3.56. The molecule has 2 saturated heterocycles. The third-order valence-electron chi connectivity index (χ3n) is 2.99. The first-order chi connectivity index (χ1) is 8.46. The Hall–Kier alpha value is -0.990. The zero-order chi connectivity index (χ0) is 13.2.